The summed E-state index contributed by atoms with van der Waals surface area (Å²) in [6.07, 6.45) is 2.84. The van der Waals surface area contributed by atoms with E-state index in [4.69, 9.17) is 4.74 Å². The maximum atomic E-state index is 13.6. The molecular weight excluding hydrogens is 246 g/mol. The molecule has 0 aromatic heterocycles. The standard InChI is InChI=1S/C12H12F2O2S/c1-8(15)17-7-3-4-9-10(13)5-6-11(16-2)12(9)14/h3-6H,7H2,1-2H3. The first-order valence-corrected chi connectivity index (χ1v) is 5.86. The minimum absolute atomic E-state index is 0.00901. The topological polar surface area (TPSA) is 26.3 Å². The van der Waals surface area contributed by atoms with Gasteiger partial charge in [-0.1, -0.05) is 23.9 Å². The Morgan fingerprint density at radius 3 is 2.76 bits per heavy atom. The molecule has 0 atom stereocenters. The molecule has 0 aliphatic carbocycles. The maximum absolute atomic E-state index is 13.6. The van der Waals surface area contributed by atoms with Crippen molar-refractivity contribution in [3.63, 3.8) is 0 Å². The fraction of sp³-hybridized carbons (Fsp3) is 0.250. The molecule has 17 heavy (non-hydrogen) atoms. The molecule has 1 aromatic carbocycles. The Hall–Kier alpha value is -1.36. The number of benzene rings is 1. The van der Waals surface area contributed by atoms with E-state index in [1.54, 1.807) is 0 Å². The molecule has 0 saturated carbocycles. The van der Waals surface area contributed by atoms with Crippen molar-refractivity contribution < 1.29 is 18.3 Å². The largest absolute Gasteiger partial charge is 0.494 e. The number of ether oxygens (including phenoxy) is 1. The number of carbonyl (C=O) groups is 1. The van der Waals surface area contributed by atoms with E-state index in [0.29, 0.717) is 5.75 Å². The smallest absolute Gasteiger partial charge is 0.186 e. The van der Waals surface area contributed by atoms with Crippen molar-refractivity contribution in [2.24, 2.45) is 0 Å². The molecule has 0 spiro atoms. The van der Waals surface area contributed by atoms with E-state index in [1.807, 2.05) is 0 Å². The predicted molar refractivity (Wildman–Crippen MR) is 65.1 cm³/mol. The Balaban J connectivity index is 2.86. The molecule has 0 unspecified atom stereocenters. The molecule has 0 saturated heterocycles. The van der Waals surface area contributed by atoms with E-state index >= 15 is 0 Å². The molecule has 0 fully saturated rings. The summed E-state index contributed by atoms with van der Waals surface area (Å²) in [5.41, 5.74) is -0.159. The van der Waals surface area contributed by atoms with Crippen LogP contribution in [0.5, 0.6) is 5.75 Å². The predicted octanol–water partition coefficient (Wildman–Crippen LogP) is 3.27. The molecule has 0 amide bonds. The minimum atomic E-state index is -0.739. The van der Waals surface area contributed by atoms with Crippen LogP contribution in [0.3, 0.4) is 0 Å². The van der Waals surface area contributed by atoms with Crippen molar-refractivity contribution in [1.29, 1.82) is 0 Å². The monoisotopic (exact) mass is 258 g/mol. The van der Waals surface area contributed by atoms with Crippen LogP contribution < -0.4 is 4.74 Å². The van der Waals surface area contributed by atoms with Crippen LogP contribution in [-0.4, -0.2) is 18.0 Å². The number of halogens is 2. The number of hydrogen-bond acceptors (Lipinski definition) is 3. The summed E-state index contributed by atoms with van der Waals surface area (Å²) in [6, 6.07) is 2.37. The fourth-order valence-corrected chi connectivity index (χ4v) is 1.62. The first-order chi connectivity index (χ1) is 8.06. The molecule has 1 rings (SSSR count). The van der Waals surface area contributed by atoms with E-state index in [0.717, 1.165) is 17.8 Å². The zero-order valence-corrected chi connectivity index (χ0v) is 10.3. The van der Waals surface area contributed by atoms with Crippen LogP contribution in [0.1, 0.15) is 12.5 Å². The van der Waals surface area contributed by atoms with Crippen LogP contribution in [0.4, 0.5) is 8.78 Å². The summed E-state index contributed by atoms with van der Waals surface area (Å²) in [6.45, 7) is 1.44. The molecule has 0 N–H and O–H groups in total. The van der Waals surface area contributed by atoms with Gasteiger partial charge in [0, 0.05) is 18.2 Å². The van der Waals surface area contributed by atoms with E-state index in [2.05, 4.69) is 0 Å². The molecule has 0 heterocycles. The lowest BCUT2D eigenvalue weighted by atomic mass is 10.1. The van der Waals surface area contributed by atoms with Crippen LogP contribution >= 0.6 is 11.8 Å². The highest BCUT2D eigenvalue weighted by Crippen LogP contribution is 2.24. The Bertz CT molecular complexity index is 444. The van der Waals surface area contributed by atoms with Gasteiger partial charge >= 0.3 is 0 Å². The van der Waals surface area contributed by atoms with Gasteiger partial charge in [-0.3, -0.25) is 4.79 Å². The van der Waals surface area contributed by atoms with Crippen LogP contribution in [0.2, 0.25) is 0 Å². The molecule has 2 nitrogen and oxygen atoms in total. The molecule has 92 valence electrons. The molecule has 0 aliphatic rings. The minimum Gasteiger partial charge on any atom is -0.494 e. The van der Waals surface area contributed by atoms with Crippen molar-refractivity contribution in [2.45, 2.75) is 6.92 Å². The van der Waals surface area contributed by atoms with Gasteiger partial charge < -0.3 is 4.74 Å². The second-order valence-electron chi connectivity index (χ2n) is 3.18. The number of methoxy groups -OCH3 is 1. The summed E-state index contributed by atoms with van der Waals surface area (Å²) in [5, 5.41) is -0.0405. The van der Waals surface area contributed by atoms with Crippen LogP contribution in [-0.2, 0) is 4.79 Å². The number of hydrogen-bond donors (Lipinski definition) is 0. The van der Waals surface area contributed by atoms with E-state index in [-0.39, 0.29) is 16.4 Å². The van der Waals surface area contributed by atoms with Crippen LogP contribution in [0.15, 0.2) is 18.2 Å². The van der Waals surface area contributed by atoms with Gasteiger partial charge in [-0.25, -0.2) is 8.78 Å². The number of thioether (sulfide) groups is 1. The van der Waals surface area contributed by atoms with Gasteiger partial charge in [-0.15, -0.1) is 0 Å². The van der Waals surface area contributed by atoms with Crippen molar-refractivity contribution in [3.05, 3.63) is 35.4 Å². The summed E-state index contributed by atoms with van der Waals surface area (Å²) >= 11 is 1.07. The Morgan fingerprint density at radius 1 is 1.47 bits per heavy atom. The molecular formula is C12H12F2O2S. The third-order valence-electron chi connectivity index (χ3n) is 1.98. The summed E-state index contributed by atoms with van der Waals surface area (Å²) < 4.78 is 31.7. The van der Waals surface area contributed by atoms with Crippen LogP contribution in [0.25, 0.3) is 6.08 Å². The Morgan fingerprint density at radius 2 is 2.18 bits per heavy atom. The SMILES string of the molecule is COc1ccc(F)c(C=CCSC(C)=O)c1F. The normalized spacial score (nSPS) is 10.8. The van der Waals surface area contributed by atoms with Crippen molar-refractivity contribution in [3.8, 4) is 5.75 Å². The lowest BCUT2D eigenvalue weighted by Gasteiger charge is -2.05. The quantitative estimate of drug-likeness (QED) is 0.829. The highest BCUT2D eigenvalue weighted by molar-refractivity contribution is 8.13. The van der Waals surface area contributed by atoms with Gasteiger partial charge in [0.05, 0.1) is 7.11 Å². The van der Waals surface area contributed by atoms with Gasteiger partial charge in [0.1, 0.15) is 5.82 Å². The molecule has 1 aromatic rings. The van der Waals surface area contributed by atoms with Crippen LogP contribution in [0, 0.1) is 11.6 Å². The summed E-state index contributed by atoms with van der Waals surface area (Å²) in [7, 11) is 1.31. The Kier molecular flexibility index (Phi) is 5.15. The molecule has 0 bridgehead atoms. The average molecular weight is 258 g/mol. The van der Waals surface area contributed by atoms with E-state index in [1.165, 1.54) is 32.3 Å². The molecule has 0 radical (unpaired) electrons. The first-order valence-electron chi connectivity index (χ1n) is 4.88. The van der Waals surface area contributed by atoms with Crippen molar-refractivity contribution >= 4 is 23.0 Å². The lowest BCUT2D eigenvalue weighted by Crippen LogP contribution is -1.94. The third kappa shape index (κ3) is 3.85. The number of carbonyl (C=O) groups excluding carboxylic acids is 1. The molecule has 5 heteroatoms. The average Bonchev–Trinajstić information content (AvgIpc) is 2.27. The second-order valence-corrected chi connectivity index (χ2v) is 4.38. The van der Waals surface area contributed by atoms with Crippen molar-refractivity contribution in [2.75, 3.05) is 12.9 Å². The van der Waals surface area contributed by atoms with Gasteiger partial charge in [0.15, 0.2) is 16.7 Å². The second kappa shape index (κ2) is 6.39. The van der Waals surface area contributed by atoms with Gasteiger partial charge in [-0.2, -0.15) is 0 Å². The summed E-state index contributed by atoms with van der Waals surface area (Å²) in [5.74, 6) is -1.03. The fourth-order valence-electron chi connectivity index (χ4n) is 1.19. The van der Waals surface area contributed by atoms with Crippen molar-refractivity contribution in [1.82, 2.24) is 0 Å². The first kappa shape index (κ1) is 13.7. The van der Waals surface area contributed by atoms with Gasteiger partial charge in [0.25, 0.3) is 0 Å². The molecule has 0 aliphatic heterocycles. The zero-order valence-electron chi connectivity index (χ0n) is 9.50. The number of rotatable bonds is 4. The van der Waals surface area contributed by atoms with E-state index in [9.17, 15) is 13.6 Å². The highest BCUT2D eigenvalue weighted by Gasteiger charge is 2.11. The summed E-state index contributed by atoms with van der Waals surface area (Å²) in [4.78, 5) is 10.7. The van der Waals surface area contributed by atoms with Gasteiger partial charge in [0.2, 0.25) is 0 Å². The zero-order chi connectivity index (χ0) is 12.8. The maximum Gasteiger partial charge on any atom is 0.186 e. The highest BCUT2D eigenvalue weighted by atomic mass is 32.2. The Labute approximate surface area is 103 Å². The lowest BCUT2D eigenvalue weighted by molar-refractivity contribution is -0.109. The third-order valence-corrected chi connectivity index (χ3v) is 2.74. The van der Waals surface area contributed by atoms with Gasteiger partial charge in [-0.05, 0) is 12.1 Å². The van der Waals surface area contributed by atoms with E-state index < -0.39 is 11.6 Å².